The Labute approximate surface area is 231 Å². The van der Waals surface area contributed by atoms with E-state index in [0.29, 0.717) is 0 Å². The first-order valence-electron chi connectivity index (χ1n) is 13.5. The Kier molecular flexibility index (Phi) is 5.14. The lowest BCUT2D eigenvalue weighted by Gasteiger charge is -2.17. The lowest BCUT2D eigenvalue weighted by Crippen LogP contribution is -2.01. The molecule has 0 spiro atoms. The summed E-state index contributed by atoms with van der Waals surface area (Å²) < 4.78 is 8.78. The van der Waals surface area contributed by atoms with Crippen LogP contribution in [0.4, 0.5) is 0 Å². The molecule has 6 aromatic carbocycles. The first kappa shape index (κ1) is 22.6. The van der Waals surface area contributed by atoms with Crippen LogP contribution in [0.3, 0.4) is 0 Å². The van der Waals surface area contributed by atoms with Gasteiger partial charge in [0.05, 0.1) is 22.3 Å². The van der Waals surface area contributed by atoms with Crippen LogP contribution in [0.15, 0.2) is 150 Å². The Bertz CT molecular complexity index is 2150. The van der Waals surface area contributed by atoms with Crippen LogP contribution in [0.5, 0.6) is 0 Å². The third kappa shape index (κ3) is 3.56. The quantitative estimate of drug-likeness (QED) is 0.235. The van der Waals surface area contributed by atoms with Gasteiger partial charge in [-0.2, -0.15) is 0 Å². The van der Waals surface area contributed by atoms with Gasteiger partial charge < -0.3 is 4.42 Å². The van der Waals surface area contributed by atoms with Gasteiger partial charge in [0.1, 0.15) is 17.0 Å². The molecule has 0 saturated heterocycles. The van der Waals surface area contributed by atoms with Crippen molar-refractivity contribution in [2.24, 2.45) is 0 Å². The Morgan fingerprint density at radius 1 is 0.500 bits per heavy atom. The van der Waals surface area contributed by atoms with Gasteiger partial charge in [0.2, 0.25) is 0 Å². The number of para-hydroxylation sites is 4. The smallest absolute Gasteiger partial charge is 0.149 e. The maximum atomic E-state index is 6.48. The fourth-order valence-corrected chi connectivity index (χ4v) is 5.76. The minimum Gasteiger partial charge on any atom is -0.455 e. The topological polar surface area (TPSA) is 31.0 Å². The Morgan fingerprint density at radius 3 is 2.05 bits per heavy atom. The second-order valence-corrected chi connectivity index (χ2v) is 10.0. The van der Waals surface area contributed by atoms with Crippen molar-refractivity contribution < 1.29 is 4.42 Å². The predicted octanol–water partition coefficient (Wildman–Crippen LogP) is 9.93. The van der Waals surface area contributed by atoms with Crippen molar-refractivity contribution in [3.05, 3.63) is 146 Å². The van der Waals surface area contributed by atoms with Gasteiger partial charge in [0.25, 0.3) is 0 Å². The standard InChI is InChI=1S/C37H24N2O/c1-3-12-25(13-4-1)27-22-23-28(26-14-5-2-6-15-26)34(24-27)39-33-20-9-8-19-32(33)38-37(39)31-18-11-17-30-29-16-7-10-21-35(29)40-36(30)31/h1-24H. The molecule has 8 rings (SSSR count). The van der Waals surface area contributed by atoms with Crippen molar-refractivity contribution in [2.75, 3.05) is 0 Å². The zero-order valence-corrected chi connectivity index (χ0v) is 21.7. The number of aromatic nitrogens is 2. The summed E-state index contributed by atoms with van der Waals surface area (Å²) in [4.78, 5) is 5.22. The Hall–Kier alpha value is -5.41. The highest BCUT2D eigenvalue weighted by molar-refractivity contribution is 6.09. The second kappa shape index (κ2) is 9.11. The molecule has 0 bridgehead atoms. The number of furan rings is 1. The van der Waals surface area contributed by atoms with Gasteiger partial charge in [-0.15, -0.1) is 0 Å². The summed E-state index contributed by atoms with van der Waals surface area (Å²) >= 11 is 0. The average Bonchev–Trinajstić information content (AvgIpc) is 3.60. The number of rotatable bonds is 4. The third-order valence-electron chi connectivity index (χ3n) is 7.64. The molecule has 0 N–H and O–H groups in total. The number of fused-ring (bicyclic) bond motifs is 4. The molecule has 8 aromatic rings. The van der Waals surface area contributed by atoms with Gasteiger partial charge in [0.15, 0.2) is 0 Å². The van der Waals surface area contributed by atoms with Crippen LogP contribution in [0.25, 0.3) is 72.3 Å². The van der Waals surface area contributed by atoms with Crippen LogP contribution in [-0.2, 0) is 0 Å². The molecule has 2 aromatic heterocycles. The molecule has 0 aliphatic heterocycles. The normalized spacial score (nSPS) is 11.5. The number of hydrogen-bond acceptors (Lipinski definition) is 2. The summed E-state index contributed by atoms with van der Waals surface area (Å²) in [7, 11) is 0. The van der Waals surface area contributed by atoms with Gasteiger partial charge in [-0.3, -0.25) is 4.57 Å². The molecule has 0 fully saturated rings. The summed E-state index contributed by atoms with van der Waals surface area (Å²) in [6, 6.07) is 50.7. The molecule has 0 aliphatic carbocycles. The summed E-state index contributed by atoms with van der Waals surface area (Å²) in [5.74, 6) is 0.855. The molecule has 0 aliphatic rings. The number of benzene rings is 6. The molecule has 3 heteroatoms. The van der Waals surface area contributed by atoms with E-state index in [1.165, 1.54) is 5.56 Å². The fourth-order valence-electron chi connectivity index (χ4n) is 5.76. The van der Waals surface area contributed by atoms with Crippen molar-refractivity contribution in [1.29, 1.82) is 0 Å². The highest BCUT2D eigenvalue weighted by Gasteiger charge is 2.21. The first-order valence-corrected chi connectivity index (χ1v) is 13.5. The summed E-state index contributed by atoms with van der Waals surface area (Å²) in [5.41, 5.74) is 10.4. The van der Waals surface area contributed by atoms with Crippen molar-refractivity contribution in [2.45, 2.75) is 0 Å². The molecule has 0 unspecified atom stereocenters. The molecule has 0 saturated carbocycles. The lowest BCUT2D eigenvalue weighted by atomic mass is 9.97. The van der Waals surface area contributed by atoms with E-state index in [2.05, 4.69) is 132 Å². The zero-order valence-electron chi connectivity index (χ0n) is 21.7. The van der Waals surface area contributed by atoms with E-state index in [1.54, 1.807) is 0 Å². The van der Waals surface area contributed by atoms with E-state index in [1.807, 2.05) is 18.2 Å². The summed E-state index contributed by atoms with van der Waals surface area (Å²) in [6.45, 7) is 0. The van der Waals surface area contributed by atoms with Crippen molar-refractivity contribution in [3.63, 3.8) is 0 Å². The SMILES string of the molecule is c1ccc(-c2ccc(-c3ccccc3)c(-n3c(-c4cccc5c4oc4ccccc45)nc4ccccc43)c2)cc1. The van der Waals surface area contributed by atoms with E-state index in [4.69, 9.17) is 9.40 Å². The van der Waals surface area contributed by atoms with Crippen molar-refractivity contribution >= 4 is 33.0 Å². The first-order chi connectivity index (χ1) is 19.8. The van der Waals surface area contributed by atoms with Gasteiger partial charge >= 0.3 is 0 Å². The van der Waals surface area contributed by atoms with Gasteiger partial charge in [-0.25, -0.2) is 4.98 Å². The number of nitrogens with zero attached hydrogens (tertiary/aromatic N) is 2. The van der Waals surface area contributed by atoms with Gasteiger partial charge in [-0.05, 0) is 47.0 Å². The van der Waals surface area contributed by atoms with Crippen LogP contribution in [-0.4, -0.2) is 9.55 Å². The molecule has 0 radical (unpaired) electrons. The molecule has 3 nitrogen and oxygen atoms in total. The maximum absolute atomic E-state index is 6.48. The zero-order chi connectivity index (χ0) is 26.5. The van der Waals surface area contributed by atoms with Crippen molar-refractivity contribution in [1.82, 2.24) is 9.55 Å². The van der Waals surface area contributed by atoms with E-state index in [9.17, 15) is 0 Å². The van der Waals surface area contributed by atoms with Crippen LogP contribution >= 0.6 is 0 Å². The minimum atomic E-state index is 0.848. The van der Waals surface area contributed by atoms with Crippen LogP contribution < -0.4 is 0 Å². The fraction of sp³-hybridized carbons (Fsp3) is 0. The number of imidazole rings is 1. The molecule has 0 atom stereocenters. The highest BCUT2D eigenvalue weighted by Crippen LogP contribution is 2.40. The molecule has 0 amide bonds. The lowest BCUT2D eigenvalue weighted by molar-refractivity contribution is 0.669. The molecule has 40 heavy (non-hydrogen) atoms. The molecule has 2 heterocycles. The maximum Gasteiger partial charge on any atom is 0.149 e. The minimum absolute atomic E-state index is 0.848. The Morgan fingerprint density at radius 2 is 1.20 bits per heavy atom. The molecular weight excluding hydrogens is 488 g/mol. The van der Waals surface area contributed by atoms with E-state index in [0.717, 1.165) is 66.7 Å². The summed E-state index contributed by atoms with van der Waals surface area (Å²) in [6.07, 6.45) is 0. The third-order valence-corrected chi connectivity index (χ3v) is 7.64. The predicted molar refractivity (Wildman–Crippen MR) is 165 cm³/mol. The van der Waals surface area contributed by atoms with E-state index >= 15 is 0 Å². The highest BCUT2D eigenvalue weighted by atomic mass is 16.3. The molecule has 188 valence electrons. The average molecular weight is 513 g/mol. The van der Waals surface area contributed by atoms with Crippen LogP contribution in [0.2, 0.25) is 0 Å². The van der Waals surface area contributed by atoms with E-state index < -0.39 is 0 Å². The van der Waals surface area contributed by atoms with E-state index in [-0.39, 0.29) is 0 Å². The van der Waals surface area contributed by atoms with Gasteiger partial charge in [0, 0.05) is 16.3 Å². The summed E-state index contributed by atoms with van der Waals surface area (Å²) in [5, 5.41) is 2.20. The van der Waals surface area contributed by atoms with Gasteiger partial charge in [-0.1, -0.05) is 115 Å². The monoisotopic (exact) mass is 512 g/mol. The van der Waals surface area contributed by atoms with Crippen LogP contribution in [0.1, 0.15) is 0 Å². The van der Waals surface area contributed by atoms with Crippen molar-refractivity contribution in [3.8, 4) is 39.3 Å². The second-order valence-electron chi connectivity index (χ2n) is 10.0. The number of hydrogen-bond donors (Lipinski definition) is 0. The Balaban J connectivity index is 1.48. The van der Waals surface area contributed by atoms with Crippen LogP contribution in [0, 0.1) is 0 Å². The molecular formula is C37H24N2O. The largest absolute Gasteiger partial charge is 0.455 e.